The van der Waals surface area contributed by atoms with E-state index in [1.807, 2.05) is 0 Å². The molecule has 0 amide bonds. The van der Waals surface area contributed by atoms with E-state index in [2.05, 4.69) is 4.74 Å². The van der Waals surface area contributed by atoms with Crippen molar-refractivity contribution in [3.05, 3.63) is 34.6 Å². The van der Waals surface area contributed by atoms with Gasteiger partial charge in [0, 0.05) is 16.7 Å². The van der Waals surface area contributed by atoms with Gasteiger partial charge < -0.3 is 10.5 Å². The zero-order chi connectivity index (χ0) is 12.1. The van der Waals surface area contributed by atoms with Crippen LogP contribution >= 0.6 is 11.6 Å². The Labute approximate surface area is 97.7 Å². The van der Waals surface area contributed by atoms with Gasteiger partial charge in [-0.3, -0.25) is 0 Å². The third-order valence-electron chi connectivity index (χ3n) is 1.81. The van der Waals surface area contributed by atoms with Gasteiger partial charge in [0.15, 0.2) is 0 Å². The maximum Gasteiger partial charge on any atom is 0.330 e. The van der Waals surface area contributed by atoms with Gasteiger partial charge in [-0.1, -0.05) is 11.6 Å². The first-order chi connectivity index (χ1) is 7.54. The molecule has 0 saturated heterocycles. The van der Waals surface area contributed by atoms with E-state index in [0.29, 0.717) is 5.56 Å². The van der Waals surface area contributed by atoms with Crippen molar-refractivity contribution in [3.8, 4) is 0 Å². The number of benzene rings is 1. The quantitative estimate of drug-likeness (QED) is 0.504. The number of rotatable bonds is 3. The molecule has 1 aromatic rings. The average Bonchev–Trinajstić information content (AvgIpc) is 2.21. The van der Waals surface area contributed by atoms with Crippen molar-refractivity contribution in [2.24, 2.45) is 0 Å². The van der Waals surface area contributed by atoms with E-state index >= 15 is 0 Å². The number of nitrogen functional groups attached to an aromatic ring is 1. The number of nitrogens with two attached hydrogens (primary N) is 1. The Hall–Kier alpha value is -1.55. The molecule has 86 valence electrons. The van der Waals surface area contributed by atoms with Gasteiger partial charge in [-0.2, -0.15) is 0 Å². The van der Waals surface area contributed by atoms with Crippen LogP contribution in [0.2, 0.25) is 5.02 Å². The second-order valence-electron chi connectivity index (χ2n) is 2.98. The molecule has 1 rings (SSSR count). The number of hydrogen-bond donors (Lipinski definition) is 1. The Morgan fingerprint density at radius 1 is 1.62 bits per heavy atom. The zero-order valence-electron chi connectivity index (χ0n) is 8.67. The smallest absolute Gasteiger partial charge is 0.330 e. The molecular formula is C11H11ClFNO2. The lowest BCUT2D eigenvalue weighted by Crippen LogP contribution is -1.99. The van der Waals surface area contributed by atoms with Crippen LogP contribution in [0.15, 0.2) is 18.2 Å². The molecule has 0 spiro atoms. The summed E-state index contributed by atoms with van der Waals surface area (Å²) in [6, 6.07) is 2.58. The largest absolute Gasteiger partial charge is 0.463 e. The zero-order valence-corrected chi connectivity index (χ0v) is 9.42. The van der Waals surface area contributed by atoms with E-state index < -0.39 is 11.8 Å². The number of ether oxygens (including phenoxy) is 1. The van der Waals surface area contributed by atoms with Crippen molar-refractivity contribution < 1.29 is 13.9 Å². The molecule has 0 aliphatic carbocycles. The topological polar surface area (TPSA) is 52.3 Å². The molecule has 0 atom stereocenters. The Morgan fingerprint density at radius 2 is 2.31 bits per heavy atom. The van der Waals surface area contributed by atoms with Gasteiger partial charge in [-0.05, 0) is 25.1 Å². The number of carbonyl (C=O) groups is 1. The SMILES string of the molecule is CCOC(=O)C=Cc1cc(Cl)cc(F)c1N. The molecule has 0 unspecified atom stereocenters. The first kappa shape index (κ1) is 12.5. The highest BCUT2D eigenvalue weighted by atomic mass is 35.5. The first-order valence-electron chi connectivity index (χ1n) is 4.64. The maximum absolute atomic E-state index is 13.2. The minimum absolute atomic E-state index is 0.0510. The lowest BCUT2D eigenvalue weighted by molar-refractivity contribution is -0.137. The third-order valence-corrected chi connectivity index (χ3v) is 2.03. The first-order valence-corrected chi connectivity index (χ1v) is 5.01. The van der Waals surface area contributed by atoms with Gasteiger partial charge in [0.25, 0.3) is 0 Å². The molecule has 1 aromatic carbocycles. The van der Waals surface area contributed by atoms with E-state index in [1.165, 1.54) is 18.2 Å². The molecule has 0 fully saturated rings. The summed E-state index contributed by atoms with van der Waals surface area (Å²) in [6.07, 6.45) is 2.53. The van der Waals surface area contributed by atoms with Gasteiger partial charge in [-0.15, -0.1) is 0 Å². The molecule has 16 heavy (non-hydrogen) atoms. The average molecular weight is 244 g/mol. The van der Waals surface area contributed by atoms with Crippen molar-refractivity contribution in [3.63, 3.8) is 0 Å². The van der Waals surface area contributed by atoms with Gasteiger partial charge >= 0.3 is 5.97 Å². The Bertz CT molecular complexity index is 432. The fourth-order valence-corrected chi connectivity index (χ4v) is 1.30. The molecule has 0 saturated carbocycles. The van der Waals surface area contributed by atoms with Crippen molar-refractivity contribution >= 4 is 29.3 Å². The van der Waals surface area contributed by atoms with Crippen LogP contribution in [0.5, 0.6) is 0 Å². The molecule has 2 N–H and O–H groups in total. The summed E-state index contributed by atoms with van der Waals surface area (Å²) in [5, 5.41) is 0.218. The predicted octanol–water partition coefficient (Wildman–Crippen LogP) is 2.64. The number of carbonyl (C=O) groups excluding carboxylic acids is 1. The van der Waals surface area contributed by atoms with Crippen LogP contribution in [0.25, 0.3) is 6.08 Å². The molecule has 0 aliphatic heterocycles. The standard InChI is InChI=1S/C11H11ClFNO2/c1-2-16-10(15)4-3-7-5-8(12)6-9(13)11(7)14/h3-6H,2,14H2,1H3. The summed E-state index contributed by atoms with van der Waals surface area (Å²) in [6.45, 7) is 1.97. The fraction of sp³-hybridized carbons (Fsp3) is 0.182. The Kier molecular flexibility index (Phi) is 4.31. The number of halogens is 2. The van der Waals surface area contributed by atoms with Crippen LogP contribution in [0, 0.1) is 5.82 Å². The Morgan fingerprint density at radius 3 is 2.94 bits per heavy atom. The van der Waals surface area contributed by atoms with E-state index in [1.54, 1.807) is 6.92 Å². The summed E-state index contributed by atoms with van der Waals surface area (Å²) < 4.78 is 17.8. The van der Waals surface area contributed by atoms with Crippen molar-refractivity contribution in [1.82, 2.24) is 0 Å². The second kappa shape index (κ2) is 5.51. The molecule has 0 heterocycles. The Balaban J connectivity index is 2.93. The molecule has 0 radical (unpaired) electrons. The summed E-state index contributed by atoms with van der Waals surface area (Å²) in [5.41, 5.74) is 5.77. The van der Waals surface area contributed by atoms with Gasteiger partial charge in [0.05, 0.1) is 12.3 Å². The lowest BCUT2D eigenvalue weighted by atomic mass is 10.1. The molecule has 0 aliphatic rings. The van der Waals surface area contributed by atoms with Crippen LogP contribution in [-0.2, 0) is 9.53 Å². The van der Waals surface area contributed by atoms with Crippen LogP contribution < -0.4 is 5.73 Å². The number of esters is 1. The third kappa shape index (κ3) is 3.24. The van der Waals surface area contributed by atoms with Crippen molar-refractivity contribution in [1.29, 1.82) is 0 Å². The van der Waals surface area contributed by atoms with E-state index in [0.717, 1.165) is 6.07 Å². The minimum atomic E-state index is -0.615. The van der Waals surface area contributed by atoms with Crippen LogP contribution in [0.3, 0.4) is 0 Å². The number of hydrogen-bond acceptors (Lipinski definition) is 3. The summed E-state index contributed by atoms with van der Waals surface area (Å²) in [5.74, 6) is -1.13. The molecule has 0 aromatic heterocycles. The maximum atomic E-state index is 13.2. The predicted molar refractivity (Wildman–Crippen MR) is 61.5 cm³/mol. The summed E-state index contributed by atoms with van der Waals surface area (Å²) in [4.78, 5) is 11.0. The van der Waals surface area contributed by atoms with Gasteiger partial charge in [0.1, 0.15) is 5.82 Å². The van der Waals surface area contributed by atoms with Crippen LogP contribution in [0.1, 0.15) is 12.5 Å². The minimum Gasteiger partial charge on any atom is -0.463 e. The highest BCUT2D eigenvalue weighted by Crippen LogP contribution is 2.23. The van der Waals surface area contributed by atoms with E-state index in [-0.39, 0.29) is 17.3 Å². The fourth-order valence-electron chi connectivity index (χ4n) is 1.09. The normalized spacial score (nSPS) is 10.7. The van der Waals surface area contributed by atoms with Gasteiger partial charge in [-0.25, -0.2) is 9.18 Å². The van der Waals surface area contributed by atoms with E-state index in [9.17, 15) is 9.18 Å². The molecule has 5 heteroatoms. The van der Waals surface area contributed by atoms with Crippen molar-refractivity contribution in [2.75, 3.05) is 12.3 Å². The summed E-state index contributed by atoms with van der Waals surface area (Å²) >= 11 is 5.65. The highest BCUT2D eigenvalue weighted by Gasteiger charge is 2.05. The lowest BCUT2D eigenvalue weighted by Gasteiger charge is -2.02. The monoisotopic (exact) mass is 243 g/mol. The molecule has 0 bridgehead atoms. The molecular weight excluding hydrogens is 233 g/mol. The summed E-state index contributed by atoms with van der Waals surface area (Å²) in [7, 11) is 0. The van der Waals surface area contributed by atoms with Crippen molar-refractivity contribution in [2.45, 2.75) is 6.92 Å². The van der Waals surface area contributed by atoms with E-state index in [4.69, 9.17) is 17.3 Å². The van der Waals surface area contributed by atoms with Crippen LogP contribution in [-0.4, -0.2) is 12.6 Å². The van der Waals surface area contributed by atoms with Crippen LogP contribution in [0.4, 0.5) is 10.1 Å². The number of anilines is 1. The second-order valence-corrected chi connectivity index (χ2v) is 3.41. The van der Waals surface area contributed by atoms with Gasteiger partial charge in [0.2, 0.25) is 0 Å². The molecule has 3 nitrogen and oxygen atoms in total. The highest BCUT2D eigenvalue weighted by molar-refractivity contribution is 6.30.